The van der Waals surface area contributed by atoms with Gasteiger partial charge in [-0.15, -0.1) is 12.4 Å². The zero-order valence-corrected chi connectivity index (χ0v) is 14.3. The van der Waals surface area contributed by atoms with Crippen LogP contribution in [-0.4, -0.2) is 35.8 Å². The van der Waals surface area contributed by atoms with Crippen LogP contribution in [0.15, 0.2) is 24.3 Å². The molecule has 1 fully saturated rings. The molecule has 0 aliphatic heterocycles. The number of nitrogens with zero attached hydrogens (tertiary/aromatic N) is 1. The Morgan fingerprint density at radius 3 is 2.52 bits per heavy atom. The largest absolute Gasteiger partial charge is 0.399 e. The normalized spacial score (nSPS) is 15.9. The number of rotatable bonds is 5. The van der Waals surface area contributed by atoms with Gasteiger partial charge in [0, 0.05) is 17.4 Å². The number of amides is 1. The summed E-state index contributed by atoms with van der Waals surface area (Å²) >= 11 is 0. The Balaban J connectivity index is 0.00000264. The molecule has 23 heavy (non-hydrogen) atoms. The molecule has 130 valence electrons. The fraction of sp³-hybridized carbons (Fsp3) is 0.500. The minimum absolute atomic E-state index is 0. The molecule has 0 bridgehead atoms. The summed E-state index contributed by atoms with van der Waals surface area (Å²) in [4.78, 5) is 12.1. The van der Waals surface area contributed by atoms with E-state index in [1.54, 1.807) is 24.3 Å². The highest BCUT2D eigenvalue weighted by atomic mass is 35.5. The van der Waals surface area contributed by atoms with Crippen molar-refractivity contribution in [2.75, 3.05) is 17.6 Å². The second-order valence-electron chi connectivity index (χ2n) is 5.49. The fourth-order valence-electron chi connectivity index (χ4n) is 2.73. The van der Waals surface area contributed by atoms with E-state index >= 15 is 0 Å². The third-order valence-corrected chi connectivity index (χ3v) is 4.77. The Labute approximate surface area is 142 Å². The van der Waals surface area contributed by atoms with E-state index in [2.05, 4.69) is 5.32 Å². The molecule has 0 heterocycles. The van der Waals surface area contributed by atoms with Crippen LogP contribution >= 0.6 is 12.4 Å². The van der Waals surface area contributed by atoms with E-state index in [1.165, 1.54) is 0 Å². The molecule has 1 saturated carbocycles. The Kier molecular flexibility index (Phi) is 7.27. The highest BCUT2D eigenvalue weighted by Crippen LogP contribution is 2.24. The number of nitrogens with one attached hydrogen (secondary N) is 1. The summed E-state index contributed by atoms with van der Waals surface area (Å²) in [5.74, 6) is -0.506. The molecule has 0 atom stereocenters. The topological polar surface area (TPSA) is 113 Å². The van der Waals surface area contributed by atoms with E-state index in [-0.39, 0.29) is 18.4 Å². The van der Waals surface area contributed by atoms with E-state index in [0.717, 1.165) is 23.6 Å². The Morgan fingerprint density at radius 2 is 1.96 bits per heavy atom. The molecule has 7 nitrogen and oxygen atoms in total. The van der Waals surface area contributed by atoms with Gasteiger partial charge in [-0.1, -0.05) is 25.3 Å². The Hall–Kier alpha value is -1.35. The number of nitrogens with two attached hydrogens (primary N) is 1. The van der Waals surface area contributed by atoms with Gasteiger partial charge in [-0.25, -0.2) is 0 Å². The molecular weight excluding hydrogens is 342 g/mol. The van der Waals surface area contributed by atoms with Crippen molar-refractivity contribution in [3.8, 4) is 0 Å². The van der Waals surface area contributed by atoms with Gasteiger partial charge in [0.05, 0.1) is 6.54 Å². The first kappa shape index (κ1) is 19.7. The molecule has 0 spiro atoms. The lowest BCUT2D eigenvalue weighted by atomic mass is 9.95. The minimum Gasteiger partial charge on any atom is -0.399 e. The maximum Gasteiger partial charge on any atom is 0.336 e. The van der Waals surface area contributed by atoms with Crippen molar-refractivity contribution in [1.29, 1.82) is 0 Å². The first-order valence-corrected chi connectivity index (χ1v) is 8.65. The standard InChI is InChI=1S/C14H21N3O4S.ClH/c15-11-5-4-6-12(9-11)16-14(18)10-17(22(19,20)21)13-7-2-1-3-8-13;/h4-6,9,13H,1-3,7-8,10,15H2,(H,16,18)(H,19,20,21);1H. The van der Waals surface area contributed by atoms with Gasteiger partial charge in [0.1, 0.15) is 0 Å². The molecule has 4 N–H and O–H groups in total. The highest BCUT2D eigenvalue weighted by Gasteiger charge is 2.31. The summed E-state index contributed by atoms with van der Waals surface area (Å²) in [5.41, 5.74) is 6.61. The van der Waals surface area contributed by atoms with Gasteiger partial charge in [-0.3, -0.25) is 9.35 Å². The zero-order chi connectivity index (χ0) is 16.2. The van der Waals surface area contributed by atoms with Crippen LogP contribution in [-0.2, 0) is 15.1 Å². The molecule has 0 radical (unpaired) electrons. The van der Waals surface area contributed by atoms with Crippen LogP contribution in [0.2, 0.25) is 0 Å². The van der Waals surface area contributed by atoms with Gasteiger partial charge in [0.25, 0.3) is 0 Å². The number of anilines is 2. The third kappa shape index (κ3) is 5.98. The van der Waals surface area contributed by atoms with Gasteiger partial charge < -0.3 is 11.1 Å². The lowest BCUT2D eigenvalue weighted by molar-refractivity contribution is -0.116. The van der Waals surface area contributed by atoms with Crippen LogP contribution < -0.4 is 11.1 Å². The van der Waals surface area contributed by atoms with E-state index in [1.807, 2.05) is 0 Å². The van der Waals surface area contributed by atoms with Crippen molar-refractivity contribution in [2.24, 2.45) is 0 Å². The average molecular weight is 364 g/mol. The second-order valence-corrected chi connectivity index (χ2v) is 6.85. The number of benzene rings is 1. The molecule has 2 rings (SSSR count). The predicted octanol–water partition coefficient (Wildman–Crippen LogP) is 2.07. The van der Waals surface area contributed by atoms with Crippen molar-refractivity contribution in [1.82, 2.24) is 4.31 Å². The molecule has 9 heteroatoms. The maximum atomic E-state index is 12.1. The van der Waals surface area contributed by atoms with Gasteiger partial charge in [-0.2, -0.15) is 12.7 Å². The van der Waals surface area contributed by atoms with Crippen LogP contribution in [0.3, 0.4) is 0 Å². The predicted molar refractivity (Wildman–Crippen MR) is 91.9 cm³/mol. The summed E-state index contributed by atoms with van der Waals surface area (Å²) < 4.78 is 33.4. The summed E-state index contributed by atoms with van der Waals surface area (Å²) in [6, 6.07) is 6.29. The van der Waals surface area contributed by atoms with Crippen LogP contribution in [0.4, 0.5) is 11.4 Å². The number of carbonyl (C=O) groups excluding carboxylic acids is 1. The smallest absolute Gasteiger partial charge is 0.336 e. The summed E-state index contributed by atoms with van der Waals surface area (Å²) in [6.45, 7) is -0.404. The lowest BCUT2D eigenvalue weighted by Crippen LogP contribution is -2.45. The van der Waals surface area contributed by atoms with Crippen molar-refractivity contribution >= 4 is 40.0 Å². The van der Waals surface area contributed by atoms with E-state index < -0.39 is 22.8 Å². The Morgan fingerprint density at radius 1 is 1.30 bits per heavy atom. The highest BCUT2D eigenvalue weighted by molar-refractivity contribution is 7.83. The van der Waals surface area contributed by atoms with Crippen LogP contribution in [0, 0.1) is 0 Å². The summed E-state index contributed by atoms with van der Waals surface area (Å²) in [7, 11) is -4.41. The zero-order valence-electron chi connectivity index (χ0n) is 12.6. The number of carbonyl (C=O) groups is 1. The summed E-state index contributed by atoms with van der Waals surface area (Å²) in [5, 5.41) is 2.59. The average Bonchev–Trinajstić information content (AvgIpc) is 2.44. The minimum atomic E-state index is -4.41. The molecule has 1 aromatic rings. The number of halogens is 1. The monoisotopic (exact) mass is 363 g/mol. The lowest BCUT2D eigenvalue weighted by Gasteiger charge is -2.30. The second kappa shape index (κ2) is 8.49. The SMILES string of the molecule is Cl.Nc1cccc(NC(=O)CN(C2CCCCC2)S(=O)(=O)O)c1. The van der Waals surface area contributed by atoms with Crippen molar-refractivity contribution in [3.05, 3.63) is 24.3 Å². The van der Waals surface area contributed by atoms with E-state index in [9.17, 15) is 17.8 Å². The van der Waals surface area contributed by atoms with Crippen LogP contribution in [0.1, 0.15) is 32.1 Å². The van der Waals surface area contributed by atoms with Crippen molar-refractivity contribution < 1.29 is 17.8 Å². The van der Waals surface area contributed by atoms with Gasteiger partial charge in [-0.05, 0) is 31.0 Å². The van der Waals surface area contributed by atoms with Crippen molar-refractivity contribution in [3.63, 3.8) is 0 Å². The first-order chi connectivity index (χ1) is 10.4. The number of nitrogen functional groups attached to an aromatic ring is 1. The van der Waals surface area contributed by atoms with Gasteiger partial charge in [0.2, 0.25) is 5.91 Å². The Bertz CT molecular complexity index is 633. The molecule has 1 aliphatic carbocycles. The third-order valence-electron chi connectivity index (χ3n) is 3.75. The summed E-state index contributed by atoms with van der Waals surface area (Å²) in [6.07, 6.45) is 4.16. The maximum absolute atomic E-state index is 12.1. The van der Waals surface area contributed by atoms with Gasteiger partial charge >= 0.3 is 10.3 Å². The van der Waals surface area contributed by atoms with Gasteiger partial charge in [0.15, 0.2) is 0 Å². The first-order valence-electron chi connectivity index (χ1n) is 7.26. The molecular formula is C14H22ClN3O4S. The quantitative estimate of drug-likeness (QED) is 0.547. The van der Waals surface area contributed by atoms with Crippen molar-refractivity contribution in [2.45, 2.75) is 38.1 Å². The number of hydrogen-bond acceptors (Lipinski definition) is 4. The van der Waals surface area contributed by atoms with E-state index in [0.29, 0.717) is 24.2 Å². The van der Waals surface area contributed by atoms with Crippen LogP contribution in [0.25, 0.3) is 0 Å². The fourth-order valence-corrected chi connectivity index (χ4v) is 3.59. The van der Waals surface area contributed by atoms with Crippen LogP contribution in [0.5, 0.6) is 0 Å². The molecule has 0 saturated heterocycles. The molecule has 0 aromatic heterocycles. The van der Waals surface area contributed by atoms with E-state index in [4.69, 9.17) is 5.73 Å². The number of hydrogen-bond donors (Lipinski definition) is 3. The molecule has 1 aliphatic rings. The molecule has 1 amide bonds. The molecule has 1 aromatic carbocycles. The molecule has 0 unspecified atom stereocenters.